The van der Waals surface area contributed by atoms with Gasteiger partial charge in [0.15, 0.2) is 0 Å². The van der Waals surface area contributed by atoms with Gasteiger partial charge in [0.05, 0.1) is 0 Å². The van der Waals surface area contributed by atoms with Gasteiger partial charge >= 0.3 is 0 Å². The Morgan fingerprint density at radius 3 is 2.19 bits per heavy atom. The highest BCUT2D eigenvalue weighted by atomic mass is 16.3. The van der Waals surface area contributed by atoms with E-state index in [9.17, 15) is 0 Å². The van der Waals surface area contributed by atoms with Crippen LogP contribution in [-0.2, 0) is 0 Å². The molecule has 0 fully saturated rings. The summed E-state index contributed by atoms with van der Waals surface area (Å²) in [6.45, 7) is 11.3. The van der Waals surface area contributed by atoms with E-state index in [1.54, 1.807) is 0 Å². The van der Waals surface area contributed by atoms with Gasteiger partial charge in [-0.15, -0.1) is 0 Å². The Bertz CT molecular complexity index is 232. The van der Waals surface area contributed by atoms with Gasteiger partial charge in [0.2, 0.25) is 0 Å². The van der Waals surface area contributed by atoms with Gasteiger partial charge in [-0.2, -0.15) is 0 Å². The number of aliphatic hydroxyl groups is 1. The van der Waals surface area contributed by atoms with Crippen molar-refractivity contribution in [1.82, 2.24) is 0 Å². The first-order valence-electron chi connectivity index (χ1n) is 6.40. The fourth-order valence-electron chi connectivity index (χ4n) is 1.57. The monoisotopic (exact) mass is 224 g/mol. The highest BCUT2D eigenvalue weighted by Crippen LogP contribution is 2.19. The van der Waals surface area contributed by atoms with Crippen molar-refractivity contribution in [3.63, 3.8) is 0 Å². The molecule has 16 heavy (non-hydrogen) atoms. The molecule has 0 heterocycles. The minimum Gasteiger partial charge on any atom is -0.396 e. The summed E-state index contributed by atoms with van der Waals surface area (Å²) < 4.78 is 0. The number of aliphatic hydroxyl groups excluding tert-OH is 1. The molecular formula is C15H28O. The molecule has 0 aromatic carbocycles. The van der Waals surface area contributed by atoms with Gasteiger partial charge in [-0.3, -0.25) is 0 Å². The molecule has 1 heteroatoms. The van der Waals surface area contributed by atoms with Crippen LogP contribution in [0.5, 0.6) is 0 Å². The van der Waals surface area contributed by atoms with E-state index in [-0.39, 0.29) is 0 Å². The predicted octanol–water partition coefficient (Wildman–Crippen LogP) is 4.33. The normalized spacial score (nSPS) is 14.1. The van der Waals surface area contributed by atoms with Crippen molar-refractivity contribution in [2.75, 3.05) is 6.61 Å². The maximum absolute atomic E-state index is 8.86. The molecule has 0 aliphatic rings. The van der Waals surface area contributed by atoms with Crippen molar-refractivity contribution in [2.24, 2.45) is 11.8 Å². The van der Waals surface area contributed by atoms with Crippen LogP contribution in [0, 0.1) is 11.8 Å². The van der Waals surface area contributed by atoms with E-state index in [1.165, 1.54) is 11.1 Å². The van der Waals surface area contributed by atoms with Gasteiger partial charge in [-0.05, 0) is 44.9 Å². The van der Waals surface area contributed by atoms with E-state index in [0.29, 0.717) is 18.4 Å². The Kier molecular flexibility index (Phi) is 8.28. The largest absolute Gasteiger partial charge is 0.396 e. The number of allylic oxidation sites excluding steroid dienone is 4. The second kappa shape index (κ2) is 8.58. The number of hydrogen-bond donors (Lipinski definition) is 1. The van der Waals surface area contributed by atoms with Crippen LogP contribution < -0.4 is 0 Å². The molecule has 1 atom stereocenters. The summed E-state index contributed by atoms with van der Waals surface area (Å²) in [4.78, 5) is 0. The molecule has 0 aromatic heterocycles. The molecule has 94 valence electrons. The zero-order valence-corrected chi connectivity index (χ0v) is 11.6. The van der Waals surface area contributed by atoms with E-state index in [2.05, 4.69) is 46.8 Å². The summed E-state index contributed by atoms with van der Waals surface area (Å²) in [5, 5.41) is 8.86. The third kappa shape index (κ3) is 7.70. The first-order valence-corrected chi connectivity index (χ1v) is 6.40. The SMILES string of the molecule is CC(C)=CCC(=CCC(C)CCO)C(C)C. The molecule has 0 aromatic rings. The van der Waals surface area contributed by atoms with Crippen LogP contribution >= 0.6 is 0 Å². The molecular weight excluding hydrogens is 196 g/mol. The third-order valence-corrected chi connectivity index (χ3v) is 2.89. The lowest BCUT2D eigenvalue weighted by molar-refractivity contribution is 0.263. The van der Waals surface area contributed by atoms with Crippen LogP contribution in [0.4, 0.5) is 0 Å². The van der Waals surface area contributed by atoms with Crippen molar-refractivity contribution >= 4 is 0 Å². The summed E-state index contributed by atoms with van der Waals surface area (Å²) >= 11 is 0. The van der Waals surface area contributed by atoms with Crippen molar-refractivity contribution < 1.29 is 5.11 Å². The van der Waals surface area contributed by atoms with E-state index in [1.807, 2.05) is 0 Å². The van der Waals surface area contributed by atoms with Crippen LogP contribution in [0.1, 0.15) is 53.9 Å². The summed E-state index contributed by atoms with van der Waals surface area (Å²) in [7, 11) is 0. The van der Waals surface area contributed by atoms with Crippen molar-refractivity contribution in [3.8, 4) is 0 Å². The second-order valence-corrected chi connectivity index (χ2v) is 5.27. The van der Waals surface area contributed by atoms with E-state index < -0.39 is 0 Å². The quantitative estimate of drug-likeness (QED) is 0.638. The Morgan fingerprint density at radius 1 is 1.12 bits per heavy atom. The maximum atomic E-state index is 8.86. The molecule has 0 amide bonds. The average molecular weight is 224 g/mol. The molecule has 0 spiro atoms. The molecule has 1 nitrogen and oxygen atoms in total. The number of hydrogen-bond acceptors (Lipinski definition) is 1. The minimum absolute atomic E-state index is 0.306. The second-order valence-electron chi connectivity index (χ2n) is 5.27. The van der Waals surface area contributed by atoms with Gasteiger partial charge in [0, 0.05) is 6.61 Å². The Labute approximate surface area is 101 Å². The molecule has 0 aliphatic heterocycles. The van der Waals surface area contributed by atoms with Crippen molar-refractivity contribution in [2.45, 2.75) is 53.9 Å². The maximum Gasteiger partial charge on any atom is 0.0433 e. The molecule has 0 bridgehead atoms. The van der Waals surface area contributed by atoms with Gasteiger partial charge in [0.25, 0.3) is 0 Å². The molecule has 0 saturated heterocycles. The Morgan fingerprint density at radius 2 is 1.75 bits per heavy atom. The summed E-state index contributed by atoms with van der Waals surface area (Å²) in [5.41, 5.74) is 2.90. The highest BCUT2D eigenvalue weighted by Gasteiger charge is 2.04. The molecule has 1 N–H and O–H groups in total. The van der Waals surface area contributed by atoms with Gasteiger partial charge < -0.3 is 5.11 Å². The topological polar surface area (TPSA) is 20.2 Å². The summed E-state index contributed by atoms with van der Waals surface area (Å²) in [5.74, 6) is 1.21. The van der Waals surface area contributed by atoms with Crippen LogP contribution in [0.3, 0.4) is 0 Å². The van der Waals surface area contributed by atoms with Crippen LogP contribution in [-0.4, -0.2) is 11.7 Å². The van der Waals surface area contributed by atoms with E-state index in [4.69, 9.17) is 5.11 Å². The first-order chi connectivity index (χ1) is 7.47. The average Bonchev–Trinajstić information content (AvgIpc) is 2.17. The standard InChI is InChI=1S/C15H28O/c1-12(2)6-8-15(13(3)4)9-7-14(5)10-11-16/h6,9,13-14,16H,7-8,10-11H2,1-5H3. The lowest BCUT2D eigenvalue weighted by atomic mass is 9.94. The van der Waals surface area contributed by atoms with Crippen molar-refractivity contribution in [1.29, 1.82) is 0 Å². The number of rotatable bonds is 7. The lowest BCUT2D eigenvalue weighted by Crippen LogP contribution is -1.99. The predicted molar refractivity (Wildman–Crippen MR) is 72.5 cm³/mol. The van der Waals surface area contributed by atoms with Crippen LogP contribution in [0.25, 0.3) is 0 Å². The molecule has 0 saturated carbocycles. The van der Waals surface area contributed by atoms with E-state index >= 15 is 0 Å². The van der Waals surface area contributed by atoms with Crippen LogP contribution in [0.15, 0.2) is 23.3 Å². The molecule has 0 rings (SSSR count). The Hall–Kier alpha value is -0.560. The molecule has 0 aliphatic carbocycles. The fraction of sp³-hybridized carbons (Fsp3) is 0.733. The third-order valence-electron chi connectivity index (χ3n) is 2.89. The molecule has 0 radical (unpaired) electrons. The fourth-order valence-corrected chi connectivity index (χ4v) is 1.57. The first kappa shape index (κ1) is 15.4. The van der Waals surface area contributed by atoms with Crippen LogP contribution in [0.2, 0.25) is 0 Å². The smallest absolute Gasteiger partial charge is 0.0433 e. The van der Waals surface area contributed by atoms with Gasteiger partial charge in [0.1, 0.15) is 0 Å². The van der Waals surface area contributed by atoms with E-state index in [0.717, 1.165) is 19.3 Å². The van der Waals surface area contributed by atoms with Crippen molar-refractivity contribution in [3.05, 3.63) is 23.3 Å². The highest BCUT2D eigenvalue weighted by molar-refractivity contribution is 5.12. The lowest BCUT2D eigenvalue weighted by Gasteiger charge is -2.12. The Balaban J connectivity index is 4.30. The summed E-state index contributed by atoms with van der Waals surface area (Å²) in [6, 6.07) is 0. The zero-order valence-electron chi connectivity index (χ0n) is 11.6. The van der Waals surface area contributed by atoms with Gasteiger partial charge in [-0.25, -0.2) is 0 Å². The zero-order chi connectivity index (χ0) is 12.6. The van der Waals surface area contributed by atoms with Gasteiger partial charge in [-0.1, -0.05) is 44.1 Å². The summed E-state index contributed by atoms with van der Waals surface area (Å²) in [6.07, 6.45) is 7.73. The minimum atomic E-state index is 0.306. The molecule has 1 unspecified atom stereocenters.